The molecule has 2 aromatic carbocycles. The van der Waals surface area contributed by atoms with Gasteiger partial charge in [0.15, 0.2) is 5.65 Å². The molecule has 34 heavy (non-hydrogen) atoms. The van der Waals surface area contributed by atoms with Gasteiger partial charge >= 0.3 is 5.69 Å². The third-order valence-electron chi connectivity index (χ3n) is 6.18. The molecule has 0 aliphatic carbocycles. The predicted molar refractivity (Wildman–Crippen MR) is 130 cm³/mol. The monoisotopic (exact) mass is 455 g/mol. The number of benzene rings is 2. The largest absolute Gasteiger partial charge is 0.496 e. The van der Waals surface area contributed by atoms with Crippen molar-refractivity contribution in [3.05, 3.63) is 70.3 Å². The minimum absolute atomic E-state index is 0.257. The van der Waals surface area contributed by atoms with Gasteiger partial charge in [-0.3, -0.25) is 4.57 Å². The topological polar surface area (TPSA) is 121 Å². The minimum atomic E-state index is -0.257. The Balaban J connectivity index is 1.46. The van der Waals surface area contributed by atoms with Crippen molar-refractivity contribution in [1.82, 2.24) is 24.8 Å². The number of nitrogens with one attached hydrogen (secondary N) is 3. The number of aromatic nitrogens is 4. The maximum absolute atomic E-state index is 12.8. The molecule has 0 amide bonds. The molecule has 0 unspecified atom stereocenters. The van der Waals surface area contributed by atoms with Crippen LogP contribution >= 0.6 is 0 Å². The average molecular weight is 456 g/mol. The first kappa shape index (κ1) is 21.7. The van der Waals surface area contributed by atoms with E-state index < -0.39 is 0 Å². The Hall–Kier alpha value is -4.16. The summed E-state index contributed by atoms with van der Waals surface area (Å²) in [5.41, 5.74) is 4.26. The number of hydrogen-bond donors (Lipinski definition) is 3. The van der Waals surface area contributed by atoms with Gasteiger partial charge in [0.25, 0.3) is 0 Å². The summed E-state index contributed by atoms with van der Waals surface area (Å²) in [6.07, 6.45) is 2.76. The van der Waals surface area contributed by atoms with Crippen LogP contribution in [0.2, 0.25) is 0 Å². The number of nitriles is 1. The second-order valence-corrected chi connectivity index (χ2v) is 8.40. The van der Waals surface area contributed by atoms with Gasteiger partial charge in [0.2, 0.25) is 5.95 Å². The van der Waals surface area contributed by atoms with Gasteiger partial charge in [-0.05, 0) is 60.8 Å². The summed E-state index contributed by atoms with van der Waals surface area (Å²) in [4.78, 5) is 24.6. The molecule has 0 saturated carbocycles. The number of aromatic amines is 1. The smallest absolute Gasteiger partial charge is 0.328 e. The van der Waals surface area contributed by atoms with E-state index >= 15 is 0 Å². The Labute approximate surface area is 196 Å². The number of hydrogen-bond acceptors (Lipinski definition) is 7. The standard InChI is InChI=1S/C25H25N7O2/c1-34-22-7-6-19(18-4-2-16(11-26)3-5-18)10-20(22)15-32-23-21(30-25(32)33)14-29-24(31-23)28-13-17-8-9-27-12-17/h2-7,10,14,17,27H,8-9,12-13,15H2,1H3,(H,30,33)(H,28,29,31)/t17-/m1/s1. The summed E-state index contributed by atoms with van der Waals surface area (Å²) >= 11 is 0. The van der Waals surface area contributed by atoms with Gasteiger partial charge in [-0.1, -0.05) is 18.2 Å². The number of nitrogens with zero attached hydrogens (tertiary/aromatic N) is 4. The zero-order chi connectivity index (χ0) is 23.5. The lowest BCUT2D eigenvalue weighted by molar-refractivity contribution is 0.408. The zero-order valence-corrected chi connectivity index (χ0v) is 18.8. The summed E-state index contributed by atoms with van der Waals surface area (Å²) in [5.74, 6) is 1.73. The minimum Gasteiger partial charge on any atom is -0.496 e. The highest BCUT2D eigenvalue weighted by atomic mass is 16.5. The molecule has 3 heterocycles. The molecule has 9 heteroatoms. The van der Waals surface area contributed by atoms with Gasteiger partial charge in [0.05, 0.1) is 31.5 Å². The first-order valence-corrected chi connectivity index (χ1v) is 11.2. The molecule has 4 aromatic rings. The van der Waals surface area contributed by atoms with E-state index in [0.29, 0.717) is 34.3 Å². The number of rotatable bonds is 7. The van der Waals surface area contributed by atoms with Crippen LogP contribution in [0.5, 0.6) is 5.75 Å². The summed E-state index contributed by atoms with van der Waals surface area (Å²) in [6, 6.07) is 15.4. The number of fused-ring (bicyclic) bond motifs is 1. The molecule has 3 N–H and O–H groups in total. The molecule has 1 aliphatic rings. The molecule has 2 aromatic heterocycles. The van der Waals surface area contributed by atoms with Gasteiger partial charge in [0, 0.05) is 12.1 Å². The Morgan fingerprint density at radius 3 is 2.79 bits per heavy atom. The first-order valence-electron chi connectivity index (χ1n) is 11.2. The Morgan fingerprint density at radius 1 is 1.24 bits per heavy atom. The van der Waals surface area contributed by atoms with Crippen molar-refractivity contribution in [2.45, 2.75) is 13.0 Å². The molecule has 172 valence electrons. The Bertz CT molecular complexity index is 1410. The number of anilines is 1. The molecule has 0 spiro atoms. The van der Waals surface area contributed by atoms with E-state index in [1.54, 1.807) is 30.0 Å². The molecular formula is C25H25N7O2. The molecule has 1 saturated heterocycles. The maximum atomic E-state index is 12.8. The fourth-order valence-electron chi connectivity index (χ4n) is 4.29. The first-order chi connectivity index (χ1) is 16.6. The van der Waals surface area contributed by atoms with Crippen LogP contribution in [0, 0.1) is 17.2 Å². The van der Waals surface area contributed by atoms with Gasteiger partial charge in [0.1, 0.15) is 11.3 Å². The summed E-state index contributed by atoms with van der Waals surface area (Å²) < 4.78 is 7.17. The Morgan fingerprint density at radius 2 is 2.06 bits per heavy atom. The Kier molecular flexibility index (Phi) is 5.97. The summed E-state index contributed by atoms with van der Waals surface area (Å²) in [6.45, 7) is 3.09. The number of H-pyrrole nitrogens is 1. The van der Waals surface area contributed by atoms with E-state index in [4.69, 9.17) is 10.00 Å². The third-order valence-corrected chi connectivity index (χ3v) is 6.18. The highest BCUT2D eigenvalue weighted by molar-refractivity contribution is 5.71. The number of imidazole rings is 1. The molecule has 5 rings (SSSR count). The van der Waals surface area contributed by atoms with Crippen LogP contribution in [-0.4, -0.2) is 46.3 Å². The van der Waals surface area contributed by atoms with E-state index in [1.807, 2.05) is 30.3 Å². The van der Waals surface area contributed by atoms with Crippen molar-refractivity contribution < 1.29 is 4.74 Å². The van der Waals surface area contributed by atoms with Crippen molar-refractivity contribution in [3.63, 3.8) is 0 Å². The van der Waals surface area contributed by atoms with Gasteiger partial charge in [-0.25, -0.2) is 9.78 Å². The van der Waals surface area contributed by atoms with Crippen LogP contribution in [0.15, 0.2) is 53.5 Å². The van der Waals surface area contributed by atoms with Crippen LogP contribution in [0.3, 0.4) is 0 Å². The SMILES string of the molecule is COc1ccc(-c2ccc(C#N)cc2)cc1Cn1c(=O)[nH]c2cnc(NC[C@@H]3CCNC3)nc21. The molecule has 0 radical (unpaired) electrons. The molecule has 1 fully saturated rings. The van der Waals surface area contributed by atoms with E-state index in [1.165, 1.54) is 0 Å². The van der Waals surface area contributed by atoms with Crippen LogP contribution in [0.1, 0.15) is 17.5 Å². The van der Waals surface area contributed by atoms with Crippen molar-refractivity contribution in [3.8, 4) is 22.9 Å². The highest BCUT2D eigenvalue weighted by Gasteiger charge is 2.16. The van der Waals surface area contributed by atoms with E-state index in [-0.39, 0.29) is 12.2 Å². The van der Waals surface area contributed by atoms with Crippen LogP contribution in [-0.2, 0) is 6.54 Å². The van der Waals surface area contributed by atoms with Crippen molar-refractivity contribution in [1.29, 1.82) is 5.26 Å². The second kappa shape index (κ2) is 9.37. The quantitative estimate of drug-likeness (QED) is 0.392. The number of ether oxygens (including phenoxy) is 1. The van der Waals surface area contributed by atoms with Crippen LogP contribution in [0.25, 0.3) is 22.3 Å². The van der Waals surface area contributed by atoms with Crippen molar-refractivity contribution >= 4 is 17.1 Å². The van der Waals surface area contributed by atoms with Crippen molar-refractivity contribution in [2.75, 3.05) is 32.1 Å². The maximum Gasteiger partial charge on any atom is 0.328 e. The molecule has 1 aliphatic heterocycles. The van der Waals surface area contributed by atoms with E-state index in [2.05, 4.69) is 31.7 Å². The predicted octanol–water partition coefficient (Wildman–Crippen LogP) is 2.74. The van der Waals surface area contributed by atoms with Gasteiger partial charge < -0.3 is 20.4 Å². The molecule has 9 nitrogen and oxygen atoms in total. The van der Waals surface area contributed by atoms with E-state index in [0.717, 1.165) is 42.7 Å². The summed E-state index contributed by atoms with van der Waals surface area (Å²) in [7, 11) is 1.61. The summed E-state index contributed by atoms with van der Waals surface area (Å²) in [5, 5.41) is 15.7. The average Bonchev–Trinajstić information content (AvgIpc) is 3.50. The molecule has 1 atom stereocenters. The van der Waals surface area contributed by atoms with Crippen LogP contribution < -0.4 is 21.1 Å². The lowest BCUT2D eigenvalue weighted by Crippen LogP contribution is -2.19. The lowest BCUT2D eigenvalue weighted by atomic mass is 10.0. The lowest BCUT2D eigenvalue weighted by Gasteiger charge is -2.12. The van der Waals surface area contributed by atoms with Gasteiger partial charge in [-0.15, -0.1) is 0 Å². The zero-order valence-electron chi connectivity index (χ0n) is 18.8. The highest BCUT2D eigenvalue weighted by Crippen LogP contribution is 2.28. The van der Waals surface area contributed by atoms with Gasteiger partial charge in [-0.2, -0.15) is 10.2 Å². The molecular weight excluding hydrogens is 430 g/mol. The fraction of sp³-hybridized carbons (Fsp3) is 0.280. The second-order valence-electron chi connectivity index (χ2n) is 8.40. The van der Waals surface area contributed by atoms with E-state index in [9.17, 15) is 4.79 Å². The number of methoxy groups -OCH3 is 1. The fourth-order valence-corrected chi connectivity index (χ4v) is 4.29. The molecule has 0 bridgehead atoms. The van der Waals surface area contributed by atoms with Crippen LogP contribution in [0.4, 0.5) is 5.95 Å². The van der Waals surface area contributed by atoms with Crippen molar-refractivity contribution in [2.24, 2.45) is 5.92 Å². The normalized spacial score (nSPS) is 15.4. The third kappa shape index (κ3) is 4.36.